The second-order valence-corrected chi connectivity index (χ2v) is 5.34. The van der Waals surface area contributed by atoms with E-state index in [9.17, 15) is 4.79 Å². The van der Waals surface area contributed by atoms with Gasteiger partial charge in [-0.2, -0.15) is 5.26 Å². The number of anilines is 2. The molecule has 4 N–H and O–H groups in total. The fourth-order valence-corrected chi connectivity index (χ4v) is 2.21. The molecule has 1 fully saturated rings. The van der Waals surface area contributed by atoms with Gasteiger partial charge in [-0.25, -0.2) is 9.97 Å². The maximum absolute atomic E-state index is 11.5. The first kappa shape index (κ1) is 17.5. The van der Waals surface area contributed by atoms with Crippen molar-refractivity contribution in [3.05, 3.63) is 29.8 Å². The van der Waals surface area contributed by atoms with E-state index in [-0.39, 0.29) is 35.7 Å². The summed E-state index contributed by atoms with van der Waals surface area (Å²) in [5.41, 5.74) is 5.43. The minimum atomic E-state index is -0.750. The average molecular weight is 356 g/mol. The molecule has 1 aliphatic heterocycles. The summed E-state index contributed by atoms with van der Waals surface area (Å²) in [4.78, 5) is 19.5. The molecule has 0 saturated carbocycles. The van der Waals surface area contributed by atoms with Crippen LogP contribution in [-0.4, -0.2) is 58.5 Å². The Bertz CT molecular complexity index is 815. The molecule has 1 atom stereocenters. The minimum Gasteiger partial charge on any atom is -0.488 e. The van der Waals surface area contributed by atoms with Crippen LogP contribution >= 0.6 is 0 Å². The molecule has 11 heteroatoms. The maximum Gasteiger partial charge on any atom is 0.273 e. The van der Waals surface area contributed by atoms with Crippen LogP contribution in [0, 0.1) is 11.3 Å². The summed E-state index contributed by atoms with van der Waals surface area (Å²) in [6.45, 7) is 2.26. The summed E-state index contributed by atoms with van der Waals surface area (Å²) < 4.78 is 11.2. The molecule has 11 nitrogen and oxygen atoms in total. The van der Waals surface area contributed by atoms with Gasteiger partial charge in [-0.05, 0) is 0 Å². The standard InChI is InChI=1S/C15H16N8O3/c16-4-9-5-20-13(7-19-9)21-12-3-11(14(15(17)24)23-22-12)26-8-10-6-18-1-2-25-10/h3,5,7,10,18H,1-2,6,8H2,(H2,17,24)(H,20,21,22). The number of primary amides is 1. The van der Waals surface area contributed by atoms with Crippen molar-refractivity contribution < 1.29 is 14.3 Å². The zero-order valence-electron chi connectivity index (χ0n) is 13.7. The Hall–Kier alpha value is -3.36. The zero-order chi connectivity index (χ0) is 18.4. The number of nitrogens with one attached hydrogen (secondary N) is 2. The van der Waals surface area contributed by atoms with Crippen LogP contribution in [-0.2, 0) is 4.74 Å². The molecule has 0 spiro atoms. The molecular weight excluding hydrogens is 340 g/mol. The number of aromatic nitrogens is 4. The number of carbonyl (C=O) groups excluding carboxylic acids is 1. The van der Waals surface area contributed by atoms with Crippen molar-refractivity contribution in [2.24, 2.45) is 5.73 Å². The van der Waals surface area contributed by atoms with Crippen LogP contribution in [0.5, 0.6) is 5.75 Å². The van der Waals surface area contributed by atoms with Crippen molar-refractivity contribution in [1.82, 2.24) is 25.5 Å². The van der Waals surface area contributed by atoms with Crippen molar-refractivity contribution >= 4 is 17.5 Å². The Morgan fingerprint density at radius 1 is 1.42 bits per heavy atom. The van der Waals surface area contributed by atoms with Crippen LogP contribution in [0.25, 0.3) is 0 Å². The van der Waals surface area contributed by atoms with E-state index in [1.165, 1.54) is 18.5 Å². The van der Waals surface area contributed by atoms with Gasteiger partial charge in [0.15, 0.2) is 23.0 Å². The number of amides is 1. The number of morpholine rings is 1. The lowest BCUT2D eigenvalue weighted by atomic mass is 10.3. The van der Waals surface area contributed by atoms with E-state index in [1.54, 1.807) is 0 Å². The second kappa shape index (κ2) is 8.15. The largest absolute Gasteiger partial charge is 0.488 e. The molecule has 3 rings (SSSR count). The third-order valence-electron chi connectivity index (χ3n) is 3.44. The van der Waals surface area contributed by atoms with Crippen LogP contribution in [0.15, 0.2) is 18.5 Å². The predicted octanol–water partition coefficient (Wildman–Crippen LogP) is -0.652. The number of ether oxygens (including phenoxy) is 2. The van der Waals surface area contributed by atoms with Crippen LogP contribution < -0.4 is 21.1 Å². The van der Waals surface area contributed by atoms with Crippen molar-refractivity contribution in [2.45, 2.75) is 6.10 Å². The van der Waals surface area contributed by atoms with Crippen molar-refractivity contribution in [2.75, 3.05) is 31.6 Å². The molecule has 134 valence electrons. The highest BCUT2D eigenvalue weighted by molar-refractivity contribution is 5.93. The highest BCUT2D eigenvalue weighted by atomic mass is 16.5. The maximum atomic E-state index is 11.5. The molecule has 1 saturated heterocycles. The van der Waals surface area contributed by atoms with Crippen LogP contribution in [0.1, 0.15) is 16.2 Å². The molecule has 0 aromatic carbocycles. The Kier molecular flexibility index (Phi) is 5.47. The van der Waals surface area contributed by atoms with Crippen molar-refractivity contribution in [1.29, 1.82) is 5.26 Å². The van der Waals surface area contributed by atoms with Gasteiger partial charge >= 0.3 is 0 Å². The molecule has 3 heterocycles. The van der Waals surface area contributed by atoms with Crippen LogP contribution in [0.3, 0.4) is 0 Å². The number of hydrogen-bond acceptors (Lipinski definition) is 10. The minimum absolute atomic E-state index is 0.0785. The quantitative estimate of drug-likeness (QED) is 0.606. The van der Waals surface area contributed by atoms with Gasteiger partial charge in [0.25, 0.3) is 5.91 Å². The third-order valence-corrected chi connectivity index (χ3v) is 3.44. The van der Waals surface area contributed by atoms with E-state index in [0.717, 1.165) is 6.54 Å². The zero-order valence-corrected chi connectivity index (χ0v) is 13.7. The first-order valence-corrected chi connectivity index (χ1v) is 7.77. The number of nitrogens with two attached hydrogens (primary N) is 1. The SMILES string of the molecule is N#Cc1cnc(Nc2cc(OCC3CNCCO3)c(C(N)=O)nn2)cn1. The molecule has 1 amide bonds. The Labute approximate surface area is 148 Å². The van der Waals surface area contributed by atoms with E-state index in [1.807, 2.05) is 6.07 Å². The van der Waals surface area contributed by atoms with E-state index in [2.05, 4.69) is 30.8 Å². The van der Waals surface area contributed by atoms with E-state index in [0.29, 0.717) is 19.0 Å². The van der Waals surface area contributed by atoms with E-state index >= 15 is 0 Å². The molecule has 0 radical (unpaired) electrons. The Morgan fingerprint density at radius 3 is 2.96 bits per heavy atom. The number of carbonyl (C=O) groups is 1. The van der Waals surface area contributed by atoms with Gasteiger partial charge in [0.2, 0.25) is 0 Å². The number of hydrogen-bond donors (Lipinski definition) is 3. The summed E-state index contributed by atoms with van der Waals surface area (Å²) in [6.07, 6.45) is 2.56. The fraction of sp³-hybridized carbons (Fsp3) is 0.333. The molecule has 1 unspecified atom stereocenters. The lowest BCUT2D eigenvalue weighted by Crippen LogP contribution is -2.41. The average Bonchev–Trinajstić information content (AvgIpc) is 2.68. The molecule has 2 aromatic rings. The Morgan fingerprint density at radius 2 is 2.31 bits per heavy atom. The third kappa shape index (κ3) is 4.38. The smallest absolute Gasteiger partial charge is 0.273 e. The number of nitriles is 1. The summed E-state index contributed by atoms with van der Waals surface area (Å²) >= 11 is 0. The first-order chi connectivity index (χ1) is 12.7. The van der Waals surface area contributed by atoms with Crippen molar-refractivity contribution in [3.8, 4) is 11.8 Å². The summed E-state index contributed by atoms with van der Waals surface area (Å²) in [5.74, 6) is 0.0771. The fourth-order valence-electron chi connectivity index (χ4n) is 2.21. The van der Waals surface area contributed by atoms with Gasteiger partial charge in [0.1, 0.15) is 24.6 Å². The number of nitrogens with zero attached hydrogens (tertiary/aromatic N) is 5. The molecule has 26 heavy (non-hydrogen) atoms. The molecule has 0 aliphatic carbocycles. The lowest BCUT2D eigenvalue weighted by Gasteiger charge is -2.23. The van der Waals surface area contributed by atoms with Crippen LogP contribution in [0.4, 0.5) is 11.6 Å². The molecule has 1 aliphatic rings. The Balaban J connectivity index is 1.74. The van der Waals surface area contributed by atoms with Crippen molar-refractivity contribution in [3.63, 3.8) is 0 Å². The van der Waals surface area contributed by atoms with Gasteiger partial charge < -0.3 is 25.8 Å². The lowest BCUT2D eigenvalue weighted by molar-refractivity contribution is -0.0000675. The van der Waals surface area contributed by atoms with Gasteiger partial charge in [0.05, 0.1) is 19.0 Å². The second-order valence-electron chi connectivity index (χ2n) is 5.34. The highest BCUT2D eigenvalue weighted by Crippen LogP contribution is 2.21. The van der Waals surface area contributed by atoms with E-state index < -0.39 is 5.91 Å². The normalized spacial score (nSPS) is 16.5. The van der Waals surface area contributed by atoms with E-state index in [4.69, 9.17) is 20.5 Å². The number of rotatable bonds is 6. The summed E-state index contributed by atoms with van der Waals surface area (Å²) in [5, 5.41) is 22.5. The highest BCUT2D eigenvalue weighted by Gasteiger charge is 2.18. The van der Waals surface area contributed by atoms with Gasteiger partial charge in [-0.15, -0.1) is 10.2 Å². The summed E-state index contributed by atoms with van der Waals surface area (Å²) in [7, 11) is 0. The van der Waals surface area contributed by atoms with Gasteiger partial charge in [0, 0.05) is 19.2 Å². The monoisotopic (exact) mass is 356 g/mol. The topological polar surface area (TPSA) is 161 Å². The first-order valence-electron chi connectivity index (χ1n) is 7.77. The van der Waals surface area contributed by atoms with Gasteiger partial charge in [-0.3, -0.25) is 4.79 Å². The van der Waals surface area contributed by atoms with Crippen LogP contribution in [0.2, 0.25) is 0 Å². The molecule has 2 aromatic heterocycles. The summed E-state index contributed by atoms with van der Waals surface area (Å²) in [6, 6.07) is 3.37. The molecular formula is C15H16N8O3. The van der Waals surface area contributed by atoms with Gasteiger partial charge in [-0.1, -0.05) is 0 Å². The predicted molar refractivity (Wildman–Crippen MR) is 88.7 cm³/mol. The molecule has 0 bridgehead atoms.